The fraction of sp³-hybridized carbons (Fsp3) is 0.211. The summed E-state index contributed by atoms with van der Waals surface area (Å²) >= 11 is 3.44. The molecule has 0 unspecified atom stereocenters. The normalized spacial score (nSPS) is 10.9. The molecule has 1 aromatic heterocycles. The topological polar surface area (TPSA) is 95.2 Å². The first-order valence-electron chi connectivity index (χ1n) is 8.18. The number of anilines is 1. The molecular formula is C19H17BrNO6-. The summed E-state index contributed by atoms with van der Waals surface area (Å²) in [4.78, 5) is 12.2. The monoisotopic (exact) mass is 434 g/mol. The summed E-state index contributed by atoms with van der Waals surface area (Å²) < 4.78 is 17.3. The van der Waals surface area contributed by atoms with E-state index in [1.54, 1.807) is 38.1 Å². The van der Waals surface area contributed by atoms with E-state index >= 15 is 0 Å². The largest absolute Gasteiger partial charge is 0.733 e. The lowest BCUT2D eigenvalue weighted by Crippen LogP contribution is -2.07. The highest BCUT2D eigenvalue weighted by Crippen LogP contribution is 2.35. The minimum atomic E-state index is -0.441. The number of benzene rings is 2. The zero-order valence-electron chi connectivity index (χ0n) is 14.7. The van der Waals surface area contributed by atoms with Crippen molar-refractivity contribution in [1.29, 1.82) is 0 Å². The number of hydrogen-bond donors (Lipinski definition) is 1. The Morgan fingerprint density at radius 3 is 2.63 bits per heavy atom. The molecule has 0 spiro atoms. The Hall–Kier alpha value is -2.55. The summed E-state index contributed by atoms with van der Waals surface area (Å²) in [5, 5.41) is 20.1. The molecule has 3 aromatic rings. The summed E-state index contributed by atoms with van der Waals surface area (Å²) in [5.41, 5.74) is 1.88. The first-order valence-corrected chi connectivity index (χ1v) is 8.97. The molecular weight excluding hydrogens is 418 g/mol. The van der Waals surface area contributed by atoms with Crippen molar-refractivity contribution in [2.24, 2.45) is 0 Å². The minimum absolute atomic E-state index is 0.134. The Morgan fingerprint density at radius 1 is 1.30 bits per heavy atom. The van der Waals surface area contributed by atoms with Crippen LogP contribution in [0.5, 0.6) is 5.75 Å². The van der Waals surface area contributed by atoms with Crippen LogP contribution in [0.25, 0.3) is 11.0 Å². The molecule has 0 bridgehead atoms. The van der Waals surface area contributed by atoms with Gasteiger partial charge in [-0.05, 0) is 59.6 Å². The van der Waals surface area contributed by atoms with Crippen LogP contribution in [0.1, 0.15) is 28.6 Å². The van der Waals surface area contributed by atoms with Gasteiger partial charge in [-0.2, -0.15) is 0 Å². The highest BCUT2D eigenvalue weighted by atomic mass is 79.9. The summed E-state index contributed by atoms with van der Waals surface area (Å²) in [6.45, 7) is 3.97. The third-order valence-electron chi connectivity index (χ3n) is 3.95. The number of carbonyl (C=O) groups is 1. The van der Waals surface area contributed by atoms with E-state index in [0.29, 0.717) is 32.5 Å². The quantitative estimate of drug-likeness (QED) is 0.432. The fourth-order valence-corrected chi connectivity index (χ4v) is 3.11. The molecule has 142 valence electrons. The highest BCUT2D eigenvalue weighted by molar-refractivity contribution is 9.10. The zero-order valence-corrected chi connectivity index (χ0v) is 16.3. The average Bonchev–Trinajstić information content (AvgIpc) is 2.94. The number of fused-ring (bicyclic) bond motifs is 1. The maximum absolute atomic E-state index is 12.2. The SMILES string of the molecule is CCOC(=O)c1c(C)oc2cc(Br)c(OCc3ccc(N([O-])O)cc3)cc12. The van der Waals surface area contributed by atoms with Crippen molar-refractivity contribution >= 4 is 38.6 Å². The van der Waals surface area contributed by atoms with E-state index in [-0.39, 0.29) is 24.1 Å². The van der Waals surface area contributed by atoms with Crippen LogP contribution < -0.4 is 9.96 Å². The summed E-state index contributed by atoms with van der Waals surface area (Å²) in [7, 11) is 0. The predicted octanol–water partition coefficient (Wildman–Crippen LogP) is 4.95. The molecule has 3 rings (SSSR count). The van der Waals surface area contributed by atoms with Gasteiger partial charge in [0.05, 0.1) is 16.8 Å². The van der Waals surface area contributed by atoms with Crippen molar-refractivity contribution in [3.63, 3.8) is 0 Å². The fourth-order valence-electron chi connectivity index (χ4n) is 2.67. The molecule has 1 N–H and O–H groups in total. The van der Waals surface area contributed by atoms with Crippen LogP contribution in [-0.2, 0) is 11.3 Å². The smallest absolute Gasteiger partial charge is 0.342 e. The molecule has 0 saturated heterocycles. The molecule has 0 aliphatic heterocycles. The molecule has 0 fully saturated rings. The van der Waals surface area contributed by atoms with Gasteiger partial charge in [0.15, 0.2) is 0 Å². The molecule has 7 nitrogen and oxygen atoms in total. The Labute approximate surface area is 163 Å². The third kappa shape index (κ3) is 4.08. The zero-order chi connectivity index (χ0) is 19.6. The van der Waals surface area contributed by atoms with E-state index in [1.165, 1.54) is 12.1 Å². The van der Waals surface area contributed by atoms with Gasteiger partial charge in [-0.3, -0.25) is 5.21 Å². The predicted molar refractivity (Wildman–Crippen MR) is 103 cm³/mol. The van der Waals surface area contributed by atoms with Crippen molar-refractivity contribution in [2.75, 3.05) is 11.8 Å². The van der Waals surface area contributed by atoms with Crippen molar-refractivity contribution in [1.82, 2.24) is 0 Å². The summed E-state index contributed by atoms with van der Waals surface area (Å²) in [6.07, 6.45) is 0. The van der Waals surface area contributed by atoms with Gasteiger partial charge < -0.3 is 24.3 Å². The molecule has 0 aliphatic rings. The van der Waals surface area contributed by atoms with Crippen molar-refractivity contribution < 1.29 is 23.9 Å². The molecule has 0 aliphatic carbocycles. The van der Waals surface area contributed by atoms with Crippen LogP contribution in [0, 0.1) is 12.1 Å². The lowest BCUT2D eigenvalue weighted by atomic mass is 10.1. The lowest BCUT2D eigenvalue weighted by molar-refractivity contribution is 0.0526. The van der Waals surface area contributed by atoms with Crippen molar-refractivity contribution in [3.8, 4) is 5.75 Å². The molecule has 8 heteroatoms. The van der Waals surface area contributed by atoms with Crippen LogP contribution in [-0.4, -0.2) is 17.8 Å². The van der Waals surface area contributed by atoms with E-state index in [0.717, 1.165) is 5.56 Å². The Balaban J connectivity index is 1.86. The number of nitrogens with zero attached hydrogens (tertiary/aromatic N) is 1. The Morgan fingerprint density at radius 2 is 2.00 bits per heavy atom. The van der Waals surface area contributed by atoms with Gasteiger partial charge in [0.2, 0.25) is 0 Å². The number of hydrogen-bond acceptors (Lipinski definition) is 7. The third-order valence-corrected chi connectivity index (χ3v) is 4.57. The second kappa shape index (κ2) is 7.99. The van der Waals surface area contributed by atoms with Crippen LogP contribution in [0.3, 0.4) is 0 Å². The second-order valence-electron chi connectivity index (χ2n) is 5.76. The second-order valence-corrected chi connectivity index (χ2v) is 6.61. The standard InChI is InChI=1S/C19H17BrNO6/c1-3-25-19(22)18-11(2)27-16-9-15(20)17(8-14(16)18)26-10-12-4-6-13(7-5-12)21(23)24/h4-9,23H,3,10H2,1-2H3/q-1. The van der Waals surface area contributed by atoms with E-state index in [9.17, 15) is 10.0 Å². The number of carbonyl (C=O) groups excluding carboxylic acids is 1. The van der Waals surface area contributed by atoms with Gasteiger partial charge in [-0.25, -0.2) is 4.79 Å². The average molecular weight is 435 g/mol. The van der Waals surface area contributed by atoms with Crippen LogP contribution in [0.2, 0.25) is 0 Å². The van der Waals surface area contributed by atoms with Crippen molar-refractivity contribution in [3.05, 3.63) is 63.0 Å². The van der Waals surface area contributed by atoms with Crippen LogP contribution in [0.4, 0.5) is 5.69 Å². The summed E-state index contributed by atoms with van der Waals surface area (Å²) in [6, 6.07) is 9.79. The molecule has 2 aromatic carbocycles. The maximum Gasteiger partial charge on any atom is 0.342 e. The van der Waals surface area contributed by atoms with E-state index in [1.807, 2.05) is 0 Å². The number of rotatable bonds is 6. The number of esters is 1. The van der Waals surface area contributed by atoms with Crippen LogP contribution in [0.15, 0.2) is 45.3 Å². The number of aryl methyl sites for hydroxylation is 1. The minimum Gasteiger partial charge on any atom is -0.733 e. The van der Waals surface area contributed by atoms with Gasteiger partial charge in [0.1, 0.15) is 29.3 Å². The Kier molecular flexibility index (Phi) is 5.69. The first kappa shape index (κ1) is 19.2. The molecule has 0 saturated carbocycles. The molecule has 27 heavy (non-hydrogen) atoms. The van der Waals surface area contributed by atoms with Gasteiger partial charge in [0.25, 0.3) is 0 Å². The number of furan rings is 1. The molecule has 0 amide bonds. The van der Waals surface area contributed by atoms with E-state index < -0.39 is 5.97 Å². The molecule has 0 radical (unpaired) electrons. The highest BCUT2D eigenvalue weighted by Gasteiger charge is 2.21. The van der Waals surface area contributed by atoms with Gasteiger partial charge in [0, 0.05) is 5.39 Å². The lowest BCUT2D eigenvalue weighted by Gasteiger charge is -2.21. The summed E-state index contributed by atoms with van der Waals surface area (Å²) in [5.74, 6) is 0.573. The Bertz CT molecular complexity index is 964. The van der Waals surface area contributed by atoms with E-state index in [4.69, 9.17) is 19.1 Å². The molecule has 0 atom stereocenters. The van der Waals surface area contributed by atoms with Gasteiger partial charge >= 0.3 is 5.97 Å². The van der Waals surface area contributed by atoms with E-state index in [2.05, 4.69) is 15.9 Å². The number of ether oxygens (including phenoxy) is 2. The van der Waals surface area contributed by atoms with Crippen LogP contribution >= 0.6 is 15.9 Å². The van der Waals surface area contributed by atoms with Gasteiger partial charge in [-0.15, -0.1) is 0 Å². The first-order chi connectivity index (χ1) is 12.9. The van der Waals surface area contributed by atoms with Gasteiger partial charge in [-0.1, -0.05) is 12.1 Å². The maximum atomic E-state index is 12.2. The molecule has 1 heterocycles. The van der Waals surface area contributed by atoms with Crippen molar-refractivity contribution in [2.45, 2.75) is 20.5 Å². The number of halogens is 1.